The van der Waals surface area contributed by atoms with Gasteiger partial charge in [0.15, 0.2) is 16.4 Å². The van der Waals surface area contributed by atoms with E-state index >= 15 is 0 Å². The fourth-order valence-electron chi connectivity index (χ4n) is 4.09. The monoisotopic (exact) mass is 511 g/mol. The summed E-state index contributed by atoms with van der Waals surface area (Å²) in [5.41, 5.74) is 1.62. The molecule has 2 aromatic carbocycles. The summed E-state index contributed by atoms with van der Waals surface area (Å²) >= 11 is 0. The van der Waals surface area contributed by atoms with Gasteiger partial charge in [-0.3, -0.25) is 9.59 Å². The number of halogens is 1. The lowest BCUT2D eigenvalue weighted by molar-refractivity contribution is -0.120. The van der Waals surface area contributed by atoms with Gasteiger partial charge in [-0.25, -0.2) is 12.8 Å². The molecule has 8 nitrogen and oxygen atoms in total. The first kappa shape index (κ1) is 25.5. The predicted molar refractivity (Wildman–Crippen MR) is 133 cm³/mol. The van der Waals surface area contributed by atoms with Crippen LogP contribution in [0.25, 0.3) is 12.2 Å². The molecular weight excluding hydrogens is 485 g/mol. The number of aryl methyl sites for hydroxylation is 1. The largest absolute Gasteiger partial charge is 0.355 e. The molecule has 0 aliphatic carbocycles. The van der Waals surface area contributed by atoms with Crippen molar-refractivity contribution in [2.24, 2.45) is 5.92 Å². The maximum atomic E-state index is 13.9. The minimum absolute atomic E-state index is 0.0182. The van der Waals surface area contributed by atoms with E-state index in [0.29, 0.717) is 24.1 Å². The highest BCUT2D eigenvalue weighted by molar-refractivity contribution is 7.89. The maximum Gasteiger partial charge on any atom is 0.248 e. The van der Waals surface area contributed by atoms with Crippen molar-refractivity contribution < 1.29 is 26.9 Å². The van der Waals surface area contributed by atoms with E-state index in [0.717, 1.165) is 0 Å². The molecule has 1 aromatic heterocycles. The SMILES string of the molecule is CC(=O)c1ccc(NC(=O)C2CCN(S(=O)(=O)c3c(C)noc3/C=C/c3ccccc3F)CC2)cc1. The molecule has 0 radical (unpaired) electrons. The van der Waals surface area contributed by atoms with Crippen molar-refractivity contribution in [3.8, 4) is 0 Å². The summed E-state index contributed by atoms with van der Waals surface area (Å²) in [6.45, 7) is 3.32. The molecule has 1 aliphatic heterocycles. The Bertz CT molecular complexity index is 1410. The third-order valence-corrected chi connectivity index (χ3v) is 8.19. The van der Waals surface area contributed by atoms with Gasteiger partial charge in [0.25, 0.3) is 0 Å². The fraction of sp³-hybridized carbons (Fsp3) is 0.269. The van der Waals surface area contributed by atoms with E-state index in [-0.39, 0.29) is 52.6 Å². The van der Waals surface area contributed by atoms with Crippen LogP contribution in [0.2, 0.25) is 0 Å². The number of nitrogens with one attached hydrogen (secondary N) is 1. The molecule has 3 aromatic rings. The molecule has 188 valence electrons. The minimum atomic E-state index is -3.95. The van der Waals surface area contributed by atoms with Crippen LogP contribution < -0.4 is 5.32 Å². The van der Waals surface area contributed by atoms with Crippen LogP contribution in [0.1, 0.15) is 47.1 Å². The van der Waals surface area contributed by atoms with Gasteiger partial charge in [-0.15, -0.1) is 0 Å². The second-order valence-electron chi connectivity index (χ2n) is 8.62. The van der Waals surface area contributed by atoms with Crippen LogP contribution in [0.15, 0.2) is 57.9 Å². The summed E-state index contributed by atoms with van der Waals surface area (Å²) in [7, 11) is -3.95. The molecule has 1 N–H and O–H groups in total. The number of hydrogen-bond donors (Lipinski definition) is 1. The van der Waals surface area contributed by atoms with E-state index in [4.69, 9.17) is 4.52 Å². The van der Waals surface area contributed by atoms with Crippen molar-refractivity contribution in [1.29, 1.82) is 0 Å². The van der Waals surface area contributed by atoms with Crippen molar-refractivity contribution in [1.82, 2.24) is 9.46 Å². The number of anilines is 1. The molecule has 0 bridgehead atoms. The fourth-order valence-corrected chi connectivity index (χ4v) is 5.81. The van der Waals surface area contributed by atoms with Crippen molar-refractivity contribution in [2.45, 2.75) is 31.6 Å². The first-order valence-electron chi connectivity index (χ1n) is 11.5. The number of hydrogen-bond acceptors (Lipinski definition) is 6. The van der Waals surface area contributed by atoms with Crippen LogP contribution in [-0.4, -0.2) is 42.7 Å². The zero-order valence-electron chi connectivity index (χ0n) is 19.9. The number of aromatic nitrogens is 1. The number of carbonyl (C=O) groups is 2. The molecule has 0 saturated carbocycles. The summed E-state index contributed by atoms with van der Waals surface area (Å²) in [6.07, 6.45) is 3.53. The van der Waals surface area contributed by atoms with Crippen LogP contribution in [0, 0.1) is 18.7 Å². The highest BCUT2D eigenvalue weighted by Crippen LogP contribution is 2.30. The van der Waals surface area contributed by atoms with Gasteiger partial charge in [0.1, 0.15) is 11.5 Å². The Morgan fingerprint density at radius 1 is 1.08 bits per heavy atom. The molecule has 36 heavy (non-hydrogen) atoms. The molecule has 10 heteroatoms. The second-order valence-corrected chi connectivity index (χ2v) is 10.5. The van der Waals surface area contributed by atoms with Crippen molar-refractivity contribution in [3.63, 3.8) is 0 Å². The number of benzene rings is 2. The van der Waals surface area contributed by atoms with Gasteiger partial charge in [0.05, 0.1) is 0 Å². The number of Topliss-reactive ketones (excluding diaryl/α,β-unsaturated/α-hetero) is 1. The van der Waals surface area contributed by atoms with Gasteiger partial charge in [0.2, 0.25) is 15.9 Å². The molecule has 1 amide bonds. The van der Waals surface area contributed by atoms with Crippen LogP contribution in [0.3, 0.4) is 0 Å². The first-order valence-corrected chi connectivity index (χ1v) is 12.9. The lowest BCUT2D eigenvalue weighted by atomic mass is 9.97. The molecule has 2 heterocycles. The molecule has 1 fully saturated rings. The molecule has 0 spiro atoms. The molecule has 1 saturated heterocycles. The Morgan fingerprint density at radius 3 is 2.39 bits per heavy atom. The normalized spacial score (nSPS) is 15.3. The Morgan fingerprint density at radius 2 is 1.75 bits per heavy atom. The van der Waals surface area contributed by atoms with Crippen LogP contribution in [-0.2, 0) is 14.8 Å². The van der Waals surface area contributed by atoms with E-state index < -0.39 is 15.8 Å². The highest BCUT2D eigenvalue weighted by Gasteiger charge is 2.36. The van der Waals surface area contributed by atoms with Crippen molar-refractivity contribution in [2.75, 3.05) is 18.4 Å². The maximum absolute atomic E-state index is 13.9. The molecule has 1 aliphatic rings. The summed E-state index contributed by atoms with van der Waals surface area (Å²) in [6, 6.07) is 12.7. The zero-order chi connectivity index (χ0) is 25.9. The molecular formula is C26H26FN3O5S. The van der Waals surface area contributed by atoms with E-state index in [9.17, 15) is 22.4 Å². The first-order chi connectivity index (χ1) is 17.2. The quantitative estimate of drug-likeness (QED) is 0.467. The number of carbonyl (C=O) groups excluding carboxylic acids is 2. The van der Waals surface area contributed by atoms with Crippen molar-refractivity contribution in [3.05, 3.63) is 76.9 Å². The summed E-state index contributed by atoms with van der Waals surface area (Å²) < 4.78 is 47.3. The Kier molecular flexibility index (Phi) is 7.46. The van der Waals surface area contributed by atoms with E-state index in [1.807, 2.05) is 0 Å². The standard InChI is InChI=1S/C26H26FN3O5S/c1-17-25(24(35-29-17)12-9-20-5-3-4-6-23(20)27)36(33,34)30-15-13-21(14-16-30)26(32)28-22-10-7-19(8-11-22)18(2)31/h3-12,21H,13-16H2,1-2H3,(H,28,32)/b12-9+. The number of amides is 1. The van der Waals surface area contributed by atoms with E-state index in [1.54, 1.807) is 42.5 Å². The predicted octanol–water partition coefficient (Wildman–Crippen LogP) is 4.53. The third kappa shape index (κ3) is 5.44. The number of rotatable bonds is 7. The molecule has 4 rings (SSSR count). The molecule has 0 unspecified atom stereocenters. The topological polar surface area (TPSA) is 110 Å². The Labute approximate surface area is 208 Å². The van der Waals surface area contributed by atoms with E-state index in [2.05, 4.69) is 10.5 Å². The zero-order valence-corrected chi connectivity index (χ0v) is 20.7. The Balaban J connectivity index is 1.43. The highest BCUT2D eigenvalue weighted by atomic mass is 32.2. The lowest BCUT2D eigenvalue weighted by Crippen LogP contribution is -2.41. The number of ketones is 1. The van der Waals surface area contributed by atoms with Crippen LogP contribution in [0.5, 0.6) is 0 Å². The summed E-state index contributed by atoms with van der Waals surface area (Å²) in [5, 5.41) is 6.64. The van der Waals surface area contributed by atoms with Gasteiger partial charge in [0, 0.05) is 35.8 Å². The molecule has 0 atom stereocenters. The second kappa shape index (κ2) is 10.5. The van der Waals surface area contributed by atoms with Crippen LogP contribution in [0.4, 0.5) is 10.1 Å². The average Bonchev–Trinajstić information content (AvgIpc) is 3.25. The lowest BCUT2D eigenvalue weighted by Gasteiger charge is -2.30. The van der Waals surface area contributed by atoms with Gasteiger partial charge in [-0.2, -0.15) is 4.31 Å². The van der Waals surface area contributed by atoms with E-state index in [1.165, 1.54) is 36.4 Å². The summed E-state index contributed by atoms with van der Waals surface area (Å²) in [5.74, 6) is -1.03. The van der Waals surface area contributed by atoms with Gasteiger partial charge in [-0.1, -0.05) is 23.4 Å². The minimum Gasteiger partial charge on any atom is -0.355 e. The number of piperidine rings is 1. The van der Waals surface area contributed by atoms with Crippen LogP contribution >= 0.6 is 0 Å². The van der Waals surface area contributed by atoms with Gasteiger partial charge < -0.3 is 9.84 Å². The Hall–Kier alpha value is -3.63. The van der Waals surface area contributed by atoms with Crippen molar-refractivity contribution >= 4 is 39.6 Å². The number of nitrogens with zero attached hydrogens (tertiary/aromatic N) is 2. The smallest absolute Gasteiger partial charge is 0.248 e. The average molecular weight is 512 g/mol. The third-order valence-electron chi connectivity index (χ3n) is 6.13. The number of sulfonamides is 1. The summed E-state index contributed by atoms with van der Waals surface area (Å²) in [4.78, 5) is 24.1. The van der Waals surface area contributed by atoms with Gasteiger partial charge in [-0.05, 0) is 69.2 Å². The van der Waals surface area contributed by atoms with Gasteiger partial charge >= 0.3 is 0 Å².